The van der Waals surface area contributed by atoms with Crippen LogP contribution in [0.25, 0.3) is 0 Å². The topological polar surface area (TPSA) is 65.1 Å². The molecule has 0 radical (unpaired) electrons. The molecule has 0 aromatic heterocycles. The van der Waals surface area contributed by atoms with Gasteiger partial charge >= 0.3 is 13.2 Å². The third-order valence-corrected chi connectivity index (χ3v) is 6.46. The predicted octanol–water partition coefficient (Wildman–Crippen LogP) is 4.28. The van der Waals surface area contributed by atoms with E-state index in [1.807, 2.05) is 48.5 Å². The van der Waals surface area contributed by atoms with Gasteiger partial charge in [0.1, 0.15) is 6.61 Å². The Morgan fingerprint density at radius 1 is 1.19 bits per heavy atom. The Morgan fingerprint density at radius 3 is 2.22 bits per heavy atom. The quantitative estimate of drug-likeness (QED) is 0.616. The van der Waals surface area contributed by atoms with Crippen molar-refractivity contribution in [1.29, 1.82) is 0 Å². The van der Waals surface area contributed by atoms with Crippen LogP contribution >= 0.6 is 0 Å². The van der Waals surface area contributed by atoms with Gasteiger partial charge in [-0.25, -0.2) is 9.69 Å². The molecule has 2 heterocycles. The zero-order valence-electron chi connectivity index (χ0n) is 18.2. The molecule has 0 aromatic carbocycles. The third-order valence-electron chi connectivity index (χ3n) is 6.46. The maximum absolute atomic E-state index is 13.3. The van der Waals surface area contributed by atoms with Crippen LogP contribution in [-0.2, 0) is 18.8 Å². The van der Waals surface area contributed by atoms with Gasteiger partial charge in [0.05, 0.1) is 17.2 Å². The average molecular weight is 381 g/mol. The van der Waals surface area contributed by atoms with Crippen LogP contribution in [0.15, 0.2) is 0 Å². The molecule has 2 fully saturated rings. The van der Waals surface area contributed by atoms with Gasteiger partial charge in [0.15, 0.2) is 0 Å². The number of cyclic esters (lactones) is 1. The Kier molecular flexibility index (Phi) is 6.68. The van der Waals surface area contributed by atoms with Gasteiger partial charge in [0.2, 0.25) is 5.91 Å². The molecule has 0 saturated carbocycles. The highest BCUT2D eigenvalue weighted by molar-refractivity contribution is 6.48. The Hall–Kier alpha value is -1.08. The van der Waals surface area contributed by atoms with Gasteiger partial charge in [-0.1, -0.05) is 47.0 Å². The summed E-state index contributed by atoms with van der Waals surface area (Å²) in [7, 11) is -0.461. The monoisotopic (exact) mass is 381 g/mol. The average Bonchev–Trinajstić information content (AvgIpc) is 3.04. The summed E-state index contributed by atoms with van der Waals surface area (Å²) < 4.78 is 17.7. The van der Waals surface area contributed by atoms with E-state index in [0.717, 1.165) is 19.3 Å². The molecule has 2 saturated heterocycles. The molecule has 0 spiro atoms. The van der Waals surface area contributed by atoms with Crippen LogP contribution in [0.4, 0.5) is 4.79 Å². The molecular formula is C20H36BNO5. The minimum absolute atomic E-state index is 0.111. The Balaban J connectivity index is 2.23. The van der Waals surface area contributed by atoms with E-state index in [0.29, 0.717) is 0 Å². The van der Waals surface area contributed by atoms with Gasteiger partial charge in [0, 0.05) is 11.7 Å². The molecule has 154 valence electrons. The van der Waals surface area contributed by atoms with Crippen LogP contribution in [0.1, 0.15) is 74.7 Å². The third kappa shape index (κ3) is 4.34. The summed E-state index contributed by atoms with van der Waals surface area (Å²) in [6.45, 7) is 16.3. The van der Waals surface area contributed by atoms with Crippen molar-refractivity contribution < 1.29 is 23.6 Å². The molecule has 27 heavy (non-hydrogen) atoms. The summed E-state index contributed by atoms with van der Waals surface area (Å²) in [6.07, 6.45) is 2.28. The number of amides is 2. The van der Waals surface area contributed by atoms with E-state index in [4.69, 9.17) is 14.0 Å². The molecule has 6 nitrogen and oxygen atoms in total. The number of rotatable bonds is 7. The van der Waals surface area contributed by atoms with Crippen molar-refractivity contribution in [2.45, 2.75) is 97.7 Å². The smallest absolute Gasteiger partial charge is 0.447 e. The molecule has 2 aliphatic rings. The van der Waals surface area contributed by atoms with Crippen molar-refractivity contribution in [2.75, 3.05) is 6.61 Å². The van der Waals surface area contributed by atoms with Crippen LogP contribution in [0.3, 0.4) is 0 Å². The fraction of sp³-hybridized carbons (Fsp3) is 0.900. The van der Waals surface area contributed by atoms with E-state index in [1.165, 1.54) is 4.90 Å². The van der Waals surface area contributed by atoms with Gasteiger partial charge in [-0.15, -0.1) is 0 Å². The highest BCUT2D eigenvalue weighted by atomic mass is 16.7. The number of ether oxygens (including phenoxy) is 1. The van der Waals surface area contributed by atoms with Crippen molar-refractivity contribution in [2.24, 2.45) is 11.8 Å². The van der Waals surface area contributed by atoms with Gasteiger partial charge in [-0.2, -0.15) is 0 Å². The highest BCUT2D eigenvalue weighted by Crippen LogP contribution is 2.44. The lowest BCUT2D eigenvalue weighted by molar-refractivity contribution is -0.133. The second-order valence-corrected chi connectivity index (χ2v) is 9.32. The lowest BCUT2D eigenvalue weighted by Gasteiger charge is -2.32. The molecule has 0 aromatic rings. The van der Waals surface area contributed by atoms with Gasteiger partial charge < -0.3 is 14.0 Å². The van der Waals surface area contributed by atoms with E-state index < -0.39 is 30.3 Å². The molecule has 3 atom stereocenters. The molecule has 2 rings (SSSR count). The van der Waals surface area contributed by atoms with Gasteiger partial charge in [0.25, 0.3) is 0 Å². The Labute approximate surface area is 164 Å². The van der Waals surface area contributed by atoms with Crippen molar-refractivity contribution in [3.63, 3.8) is 0 Å². The van der Waals surface area contributed by atoms with E-state index in [-0.39, 0.29) is 30.3 Å². The standard InChI is InChI=1S/C20H36BNO5/c1-9-10-11-15(21-26-19(5,6)20(7,8)27-21)14(4)17(23)22-16(13(2)3)12-25-18(22)24/h13-16H,9-12H2,1-8H3/t14-,15-,16+/m1/s1. The number of nitrogens with zero attached hydrogens (tertiary/aromatic N) is 1. The van der Waals surface area contributed by atoms with Crippen LogP contribution in [0.5, 0.6) is 0 Å². The highest BCUT2D eigenvalue weighted by Gasteiger charge is 2.56. The molecule has 7 heteroatoms. The lowest BCUT2D eigenvalue weighted by Crippen LogP contribution is -2.47. The number of hydrogen-bond acceptors (Lipinski definition) is 5. The first-order valence-electron chi connectivity index (χ1n) is 10.3. The van der Waals surface area contributed by atoms with Crippen molar-refractivity contribution in [3.8, 4) is 0 Å². The normalized spacial score (nSPS) is 26.4. The Morgan fingerprint density at radius 2 is 1.74 bits per heavy atom. The molecular weight excluding hydrogens is 345 g/mol. The largest absolute Gasteiger partial charge is 0.461 e. The summed E-state index contributed by atoms with van der Waals surface area (Å²) in [5.41, 5.74) is -0.893. The first-order chi connectivity index (χ1) is 12.4. The van der Waals surface area contributed by atoms with E-state index >= 15 is 0 Å². The summed E-state index contributed by atoms with van der Waals surface area (Å²) in [5, 5.41) is 0. The summed E-state index contributed by atoms with van der Waals surface area (Å²) >= 11 is 0. The fourth-order valence-corrected chi connectivity index (χ4v) is 3.71. The number of hydrogen-bond donors (Lipinski definition) is 0. The number of carbonyl (C=O) groups excluding carboxylic acids is 2. The molecule has 2 amide bonds. The van der Waals surface area contributed by atoms with Crippen LogP contribution in [0, 0.1) is 11.8 Å². The van der Waals surface area contributed by atoms with E-state index in [1.54, 1.807) is 0 Å². The molecule has 0 bridgehead atoms. The predicted molar refractivity (Wildman–Crippen MR) is 105 cm³/mol. The molecule has 2 aliphatic heterocycles. The zero-order chi connectivity index (χ0) is 20.6. The molecule has 0 unspecified atom stereocenters. The SMILES string of the molecule is CCCC[C@@H](B1OC(C)(C)C(C)(C)O1)[C@@H](C)C(=O)N1C(=O)OC[C@H]1C(C)C. The lowest BCUT2D eigenvalue weighted by atomic mass is 9.62. The molecule has 0 N–H and O–H groups in total. The number of imide groups is 1. The zero-order valence-corrected chi connectivity index (χ0v) is 18.2. The van der Waals surface area contributed by atoms with Crippen LogP contribution < -0.4 is 0 Å². The minimum Gasteiger partial charge on any atom is -0.447 e. The Bertz CT molecular complexity index is 547. The summed E-state index contributed by atoms with van der Waals surface area (Å²) in [6, 6.07) is -0.211. The maximum atomic E-state index is 13.3. The first-order valence-corrected chi connectivity index (χ1v) is 10.3. The summed E-state index contributed by atoms with van der Waals surface area (Å²) in [5.74, 6) is -0.539. The van der Waals surface area contributed by atoms with Crippen LogP contribution in [-0.4, -0.2) is 47.9 Å². The van der Waals surface area contributed by atoms with Crippen molar-refractivity contribution in [1.82, 2.24) is 4.90 Å². The van der Waals surface area contributed by atoms with Crippen LogP contribution in [0.2, 0.25) is 5.82 Å². The fourth-order valence-electron chi connectivity index (χ4n) is 3.71. The second kappa shape index (κ2) is 8.12. The minimum atomic E-state index is -0.534. The van der Waals surface area contributed by atoms with Crippen molar-refractivity contribution >= 4 is 19.1 Å². The maximum Gasteiger partial charge on any atom is 0.461 e. The first kappa shape index (κ1) is 22.2. The second-order valence-electron chi connectivity index (χ2n) is 9.32. The van der Waals surface area contributed by atoms with E-state index in [2.05, 4.69) is 6.92 Å². The van der Waals surface area contributed by atoms with Gasteiger partial charge in [-0.05, 0) is 33.6 Å². The molecule has 0 aliphatic carbocycles. The number of carbonyl (C=O) groups is 2. The van der Waals surface area contributed by atoms with E-state index in [9.17, 15) is 9.59 Å². The van der Waals surface area contributed by atoms with Crippen molar-refractivity contribution in [3.05, 3.63) is 0 Å². The number of unbranched alkanes of at least 4 members (excludes halogenated alkanes) is 1. The summed E-state index contributed by atoms with van der Waals surface area (Å²) in [4.78, 5) is 26.8. The van der Waals surface area contributed by atoms with Gasteiger partial charge in [-0.3, -0.25) is 4.79 Å².